The average Bonchev–Trinajstić information content (AvgIpc) is 2.19. The maximum absolute atomic E-state index is 9.78. The van der Waals surface area contributed by atoms with Crippen LogP contribution in [0.2, 0.25) is 0 Å². The van der Waals surface area contributed by atoms with Gasteiger partial charge in [0.05, 0.1) is 12.7 Å². The van der Waals surface area contributed by atoms with Crippen LogP contribution in [-0.4, -0.2) is 24.9 Å². The number of rotatable bonds is 5. The Morgan fingerprint density at radius 3 is 2.57 bits per heavy atom. The number of benzene rings is 1. The summed E-state index contributed by atoms with van der Waals surface area (Å²) in [6, 6.07) is 9.40. The van der Waals surface area contributed by atoms with Gasteiger partial charge in [0, 0.05) is 13.2 Å². The van der Waals surface area contributed by atoms with E-state index in [1.165, 1.54) is 0 Å². The van der Waals surface area contributed by atoms with E-state index in [0.29, 0.717) is 13.0 Å². The van der Waals surface area contributed by atoms with Crippen molar-refractivity contribution in [3.05, 3.63) is 35.9 Å². The van der Waals surface area contributed by atoms with Crippen LogP contribution in [0.5, 0.6) is 0 Å². The first-order valence-corrected chi connectivity index (χ1v) is 4.71. The van der Waals surface area contributed by atoms with E-state index in [9.17, 15) is 5.11 Å². The molecule has 14 heavy (non-hydrogen) atoms. The zero-order valence-electron chi connectivity index (χ0n) is 8.39. The van der Waals surface area contributed by atoms with Gasteiger partial charge in [0.1, 0.15) is 0 Å². The number of methoxy groups -OCH3 is 1. The summed E-state index contributed by atoms with van der Waals surface area (Å²) in [5.74, 6) is 0. The van der Waals surface area contributed by atoms with Crippen molar-refractivity contribution in [3.8, 4) is 0 Å². The summed E-state index contributed by atoms with van der Waals surface area (Å²) in [4.78, 5) is 0. The topological polar surface area (TPSA) is 55.5 Å². The molecule has 0 spiro atoms. The molecule has 1 rings (SSSR count). The van der Waals surface area contributed by atoms with Gasteiger partial charge in [-0.3, -0.25) is 0 Å². The molecule has 1 aromatic rings. The first-order chi connectivity index (χ1) is 6.74. The molecule has 0 bridgehead atoms. The zero-order valence-corrected chi connectivity index (χ0v) is 8.39. The van der Waals surface area contributed by atoms with Crippen molar-refractivity contribution in [1.82, 2.24) is 0 Å². The number of ether oxygens (including phenoxy) is 1. The van der Waals surface area contributed by atoms with Crippen LogP contribution >= 0.6 is 0 Å². The molecule has 0 saturated heterocycles. The largest absolute Gasteiger partial charge is 0.388 e. The van der Waals surface area contributed by atoms with Gasteiger partial charge in [0.25, 0.3) is 0 Å². The molecule has 0 radical (unpaired) electrons. The maximum atomic E-state index is 9.78. The van der Waals surface area contributed by atoms with Crippen LogP contribution in [0, 0.1) is 0 Å². The molecular weight excluding hydrogens is 178 g/mol. The van der Waals surface area contributed by atoms with Gasteiger partial charge in [-0.25, -0.2) is 0 Å². The number of nitrogens with two attached hydrogens (primary N) is 1. The van der Waals surface area contributed by atoms with Crippen molar-refractivity contribution in [2.75, 3.05) is 13.7 Å². The molecule has 0 amide bonds. The Kier molecular flexibility index (Phi) is 4.59. The van der Waals surface area contributed by atoms with E-state index in [2.05, 4.69) is 0 Å². The molecular formula is C11H17NO2. The van der Waals surface area contributed by atoms with Crippen LogP contribution in [0.1, 0.15) is 18.1 Å². The van der Waals surface area contributed by atoms with E-state index < -0.39 is 6.10 Å². The van der Waals surface area contributed by atoms with Crippen LogP contribution in [0.3, 0.4) is 0 Å². The summed E-state index contributed by atoms with van der Waals surface area (Å²) in [7, 11) is 1.61. The number of hydrogen-bond donors (Lipinski definition) is 2. The van der Waals surface area contributed by atoms with E-state index >= 15 is 0 Å². The SMILES string of the molecule is COCC(N)CC(O)c1ccccc1. The summed E-state index contributed by atoms with van der Waals surface area (Å²) in [5.41, 5.74) is 6.64. The highest BCUT2D eigenvalue weighted by molar-refractivity contribution is 5.17. The van der Waals surface area contributed by atoms with E-state index in [1.54, 1.807) is 7.11 Å². The van der Waals surface area contributed by atoms with Crippen LogP contribution in [-0.2, 0) is 4.74 Å². The van der Waals surface area contributed by atoms with Crippen molar-refractivity contribution in [3.63, 3.8) is 0 Å². The fraction of sp³-hybridized carbons (Fsp3) is 0.455. The summed E-state index contributed by atoms with van der Waals surface area (Å²) in [6.07, 6.45) is 0.0269. The summed E-state index contributed by atoms with van der Waals surface area (Å²) >= 11 is 0. The highest BCUT2D eigenvalue weighted by Gasteiger charge is 2.11. The van der Waals surface area contributed by atoms with Gasteiger partial charge >= 0.3 is 0 Å². The highest BCUT2D eigenvalue weighted by Crippen LogP contribution is 2.16. The molecule has 0 saturated carbocycles. The predicted octanol–water partition coefficient (Wildman–Crippen LogP) is 1.08. The third-order valence-corrected chi connectivity index (χ3v) is 2.09. The van der Waals surface area contributed by atoms with Gasteiger partial charge in [0.15, 0.2) is 0 Å². The van der Waals surface area contributed by atoms with E-state index in [-0.39, 0.29) is 6.04 Å². The summed E-state index contributed by atoms with van der Waals surface area (Å²) in [5, 5.41) is 9.78. The standard InChI is InChI=1S/C11H17NO2/c1-14-8-10(12)7-11(13)9-5-3-2-4-6-9/h2-6,10-11,13H,7-8,12H2,1H3. The first kappa shape index (κ1) is 11.2. The minimum atomic E-state index is -0.499. The fourth-order valence-electron chi connectivity index (χ4n) is 1.38. The lowest BCUT2D eigenvalue weighted by Gasteiger charge is -2.15. The van der Waals surface area contributed by atoms with Crippen LogP contribution < -0.4 is 5.73 Å². The Hall–Kier alpha value is -0.900. The molecule has 3 nitrogen and oxygen atoms in total. The molecule has 0 heterocycles. The molecule has 3 N–H and O–H groups in total. The quantitative estimate of drug-likeness (QED) is 0.739. The lowest BCUT2D eigenvalue weighted by Crippen LogP contribution is -2.27. The third-order valence-electron chi connectivity index (χ3n) is 2.09. The smallest absolute Gasteiger partial charge is 0.0805 e. The normalized spacial score (nSPS) is 15.1. The van der Waals surface area contributed by atoms with Gasteiger partial charge < -0.3 is 15.6 Å². The molecule has 0 aliphatic heterocycles. The van der Waals surface area contributed by atoms with Gasteiger partial charge in [-0.2, -0.15) is 0 Å². The van der Waals surface area contributed by atoms with E-state index in [4.69, 9.17) is 10.5 Å². The Morgan fingerprint density at radius 1 is 1.36 bits per heavy atom. The number of hydrogen-bond acceptors (Lipinski definition) is 3. The van der Waals surface area contributed by atoms with Gasteiger partial charge in [-0.05, 0) is 12.0 Å². The van der Waals surface area contributed by atoms with Gasteiger partial charge in [-0.15, -0.1) is 0 Å². The van der Waals surface area contributed by atoms with Crippen molar-refractivity contribution >= 4 is 0 Å². The average molecular weight is 195 g/mol. The monoisotopic (exact) mass is 195 g/mol. The Morgan fingerprint density at radius 2 is 2.00 bits per heavy atom. The van der Waals surface area contributed by atoms with E-state index in [0.717, 1.165) is 5.56 Å². The van der Waals surface area contributed by atoms with Crippen LogP contribution in [0.25, 0.3) is 0 Å². The molecule has 2 atom stereocenters. The van der Waals surface area contributed by atoms with Crippen molar-refractivity contribution in [2.24, 2.45) is 5.73 Å². The molecule has 3 heteroatoms. The lowest BCUT2D eigenvalue weighted by molar-refractivity contribution is 0.122. The Bertz CT molecular complexity index is 251. The Balaban J connectivity index is 2.46. The Labute approximate surface area is 84.5 Å². The van der Waals surface area contributed by atoms with E-state index in [1.807, 2.05) is 30.3 Å². The zero-order chi connectivity index (χ0) is 10.4. The predicted molar refractivity (Wildman–Crippen MR) is 55.9 cm³/mol. The first-order valence-electron chi connectivity index (χ1n) is 4.71. The van der Waals surface area contributed by atoms with Gasteiger partial charge in [0.2, 0.25) is 0 Å². The number of aliphatic hydroxyl groups excluding tert-OH is 1. The lowest BCUT2D eigenvalue weighted by atomic mass is 10.0. The molecule has 0 aliphatic carbocycles. The summed E-state index contributed by atoms with van der Waals surface area (Å²) < 4.78 is 4.90. The number of aliphatic hydroxyl groups is 1. The molecule has 0 aliphatic rings. The third kappa shape index (κ3) is 3.46. The minimum Gasteiger partial charge on any atom is -0.388 e. The molecule has 0 fully saturated rings. The van der Waals surface area contributed by atoms with Crippen molar-refractivity contribution in [2.45, 2.75) is 18.6 Å². The summed E-state index contributed by atoms with van der Waals surface area (Å²) in [6.45, 7) is 0.476. The second-order valence-corrected chi connectivity index (χ2v) is 3.38. The highest BCUT2D eigenvalue weighted by atomic mass is 16.5. The maximum Gasteiger partial charge on any atom is 0.0805 e. The molecule has 0 aromatic heterocycles. The van der Waals surface area contributed by atoms with Crippen LogP contribution in [0.4, 0.5) is 0 Å². The van der Waals surface area contributed by atoms with Crippen LogP contribution in [0.15, 0.2) is 30.3 Å². The van der Waals surface area contributed by atoms with Gasteiger partial charge in [-0.1, -0.05) is 30.3 Å². The minimum absolute atomic E-state index is 0.116. The fourth-order valence-corrected chi connectivity index (χ4v) is 1.38. The molecule has 1 aromatic carbocycles. The second-order valence-electron chi connectivity index (χ2n) is 3.38. The van der Waals surface area contributed by atoms with Crippen molar-refractivity contribution in [1.29, 1.82) is 0 Å². The molecule has 78 valence electrons. The second kappa shape index (κ2) is 5.75. The molecule has 2 unspecified atom stereocenters. The van der Waals surface area contributed by atoms with Crippen molar-refractivity contribution < 1.29 is 9.84 Å².